The van der Waals surface area contributed by atoms with E-state index in [1.165, 1.54) is 19.3 Å². The molecule has 0 atom stereocenters. The van der Waals surface area contributed by atoms with E-state index < -0.39 is 5.91 Å². The number of hydrogen-bond acceptors (Lipinski definition) is 4. The number of rotatable bonds is 7. The summed E-state index contributed by atoms with van der Waals surface area (Å²) in [5.41, 5.74) is 1.61. The van der Waals surface area contributed by atoms with E-state index in [2.05, 4.69) is 5.32 Å². The third-order valence-corrected chi connectivity index (χ3v) is 5.31. The van der Waals surface area contributed by atoms with Gasteiger partial charge in [-0.15, -0.1) is 0 Å². The maximum Gasteiger partial charge on any atom is 0.266 e. The summed E-state index contributed by atoms with van der Waals surface area (Å²) in [4.78, 5) is 12.6. The van der Waals surface area contributed by atoms with Crippen molar-refractivity contribution < 1.29 is 14.3 Å². The largest absolute Gasteiger partial charge is 0.493 e. The van der Waals surface area contributed by atoms with Crippen molar-refractivity contribution in [2.24, 2.45) is 0 Å². The van der Waals surface area contributed by atoms with Crippen LogP contribution in [0, 0.1) is 11.3 Å². The van der Waals surface area contributed by atoms with Crippen LogP contribution in [0.2, 0.25) is 15.1 Å². The molecule has 8 heteroatoms. The smallest absolute Gasteiger partial charge is 0.266 e. The van der Waals surface area contributed by atoms with Gasteiger partial charge < -0.3 is 14.8 Å². The van der Waals surface area contributed by atoms with Gasteiger partial charge in [0.25, 0.3) is 5.91 Å². The molecular weight excluding hydrogens is 471 g/mol. The maximum atomic E-state index is 12.6. The van der Waals surface area contributed by atoms with Crippen LogP contribution in [0.5, 0.6) is 11.5 Å². The molecular formula is C24H17Cl3N2O3. The average molecular weight is 488 g/mol. The molecule has 0 saturated heterocycles. The first-order valence-corrected chi connectivity index (χ1v) is 10.5. The summed E-state index contributed by atoms with van der Waals surface area (Å²) in [5, 5.41) is 13.4. The number of methoxy groups -OCH3 is 1. The number of anilines is 1. The second kappa shape index (κ2) is 10.9. The molecule has 162 valence electrons. The summed E-state index contributed by atoms with van der Waals surface area (Å²) in [7, 11) is 1.50. The molecule has 5 nitrogen and oxygen atoms in total. The molecule has 1 N–H and O–H groups in total. The van der Waals surface area contributed by atoms with Crippen molar-refractivity contribution in [1.82, 2.24) is 0 Å². The number of nitrogens with zero attached hydrogens (tertiary/aromatic N) is 1. The van der Waals surface area contributed by atoms with Crippen LogP contribution in [0.25, 0.3) is 6.08 Å². The Morgan fingerprint density at radius 1 is 1.03 bits per heavy atom. The minimum atomic E-state index is -0.616. The molecule has 0 spiro atoms. The van der Waals surface area contributed by atoms with Crippen molar-refractivity contribution in [3.63, 3.8) is 0 Å². The highest BCUT2D eigenvalue weighted by atomic mass is 35.5. The van der Waals surface area contributed by atoms with Crippen molar-refractivity contribution in [2.75, 3.05) is 12.4 Å². The van der Waals surface area contributed by atoms with Crippen molar-refractivity contribution in [2.45, 2.75) is 6.61 Å². The van der Waals surface area contributed by atoms with Crippen LogP contribution in [0.1, 0.15) is 11.1 Å². The third kappa shape index (κ3) is 5.95. The van der Waals surface area contributed by atoms with E-state index in [4.69, 9.17) is 44.3 Å². The van der Waals surface area contributed by atoms with Gasteiger partial charge in [0.15, 0.2) is 11.5 Å². The SMILES string of the molecule is COc1cc(/C=C(\C#N)C(=O)Nc2cc(Cl)ccc2Cl)ccc1OCc1ccccc1Cl. The van der Waals surface area contributed by atoms with Crippen molar-refractivity contribution >= 4 is 52.5 Å². The predicted octanol–water partition coefficient (Wildman–Crippen LogP) is 6.78. The molecule has 0 fully saturated rings. The number of ether oxygens (including phenoxy) is 2. The molecule has 0 radical (unpaired) electrons. The molecule has 32 heavy (non-hydrogen) atoms. The molecule has 0 aromatic heterocycles. The molecule has 0 unspecified atom stereocenters. The Hall–Kier alpha value is -3.17. The molecule has 3 aromatic rings. The lowest BCUT2D eigenvalue weighted by atomic mass is 10.1. The maximum absolute atomic E-state index is 12.6. The average Bonchev–Trinajstić information content (AvgIpc) is 2.79. The minimum absolute atomic E-state index is 0.118. The van der Waals surface area contributed by atoms with E-state index >= 15 is 0 Å². The summed E-state index contributed by atoms with van der Waals surface area (Å²) in [6.45, 7) is 0.261. The quantitative estimate of drug-likeness (QED) is 0.294. The Morgan fingerprint density at radius 2 is 1.81 bits per heavy atom. The predicted molar refractivity (Wildman–Crippen MR) is 127 cm³/mol. The molecule has 3 aromatic carbocycles. The number of nitrogens with one attached hydrogen (secondary N) is 1. The fourth-order valence-electron chi connectivity index (χ4n) is 2.76. The number of amides is 1. The van der Waals surface area contributed by atoms with Crippen LogP contribution in [0.4, 0.5) is 5.69 Å². The second-order valence-corrected chi connectivity index (χ2v) is 7.79. The Kier molecular flexibility index (Phi) is 8.02. The molecule has 0 aliphatic rings. The summed E-state index contributed by atoms with van der Waals surface area (Å²) >= 11 is 18.2. The molecule has 0 aliphatic carbocycles. The molecule has 1 amide bonds. The number of carbonyl (C=O) groups is 1. The lowest BCUT2D eigenvalue weighted by molar-refractivity contribution is -0.112. The molecule has 0 saturated carbocycles. The van der Waals surface area contributed by atoms with Crippen LogP contribution < -0.4 is 14.8 Å². The summed E-state index contributed by atoms with van der Waals surface area (Å²) < 4.78 is 11.2. The Labute approximate surface area is 200 Å². The van der Waals surface area contributed by atoms with Crippen molar-refractivity contribution in [3.05, 3.63) is 92.4 Å². The third-order valence-electron chi connectivity index (χ3n) is 4.38. The molecule has 3 rings (SSSR count). The summed E-state index contributed by atoms with van der Waals surface area (Å²) in [5.74, 6) is 0.328. The van der Waals surface area contributed by atoms with Gasteiger partial charge in [-0.3, -0.25) is 4.79 Å². The van der Waals surface area contributed by atoms with Gasteiger partial charge in [-0.05, 0) is 48.0 Å². The van der Waals surface area contributed by atoms with E-state index in [1.54, 1.807) is 36.4 Å². The van der Waals surface area contributed by atoms with Gasteiger partial charge in [0.2, 0.25) is 0 Å². The monoisotopic (exact) mass is 486 g/mol. The topological polar surface area (TPSA) is 71.3 Å². The number of halogens is 3. The first-order chi connectivity index (χ1) is 15.4. The van der Waals surface area contributed by atoms with Crippen LogP contribution in [-0.4, -0.2) is 13.0 Å². The zero-order chi connectivity index (χ0) is 23.1. The molecule has 0 bridgehead atoms. The van der Waals surface area contributed by atoms with E-state index in [9.17, 15) is 10.1 Å². The first kappa shape index (κ1) is 23.5. The van der Waals surface area contributed by atoms with Gasteiger partial charge >= 0.3 is 0 Å². The standard InChI is InChI=1S/C24H17Cl3N2O3/c1-31-23-11-15(6-9-22(23)32-14-16-4-2-3-5-19(16)26)10-17(13-28)24(30)29-21-12-18(25)7-8-20(21)27/h2-12H,14H2,1H3,(H,29,30)/b17-10+. The number of carbonyl (C=O) groups excluding carboxylic acids is 1. The van der Waals surface area contributed by atoms with Crippen LogP contribution in [0.15, 0.2) is 66.2 Å². The van der Waals surface area contributed by atoms with Crippen LogP contribution >= 0.6 is 34.8 Å². The Balaban J connectivity index is 1.78. The number of nitriles is 1. The number of hydrogen-bond donors (Lipinski definition) is 1. The lowest BCUT2D eigenvalue weighted by Crippen LogP contribution is -2.13. The highest BCUT2D eigenvalue weighted by Gasteiger charge is 2.13. The van der Waals surface area contributed by atoms with Gasteiger partial charge in [-0.25, -0.2) is 0 Å². The van der Waals surface area contributed by atoms with E-state index in [-0.39, 0.29) is 12.2 Å². The fraction of sp³-hybridized carbons (Fsp3) is 0.0833. The second-order valence-electron chi connectivity index (χ2n) is 6.54. The van der Waals surface area contributed by atoms with Crippen LogP contribution in [-0.2, 0) is 11.4 Å². The zero-order valence-corrected chi connectivity index (χ0v) is 19.1. The Morgan fingerprint density at radius 3 is 2.53 bits per heavy atom. The van der Waals surface area contributed by atoms with Gasteiger partial charge in [0, 0.05) is 15.6 Å². The fourth-order valence-corrected chi connectivity index (χ4v) is 3.29. The minimum Gasteiger partial charge on any atom is -0.493 e. The summed E-state index contributed by atoms with van der Waals surface area (Å²) in [6, 6.07) is 19.0. The van der Waals surface area contributed by atoms with Crippen LogP contribution in [0.3, 0.4) is 0 Å². The highest BCUT2D eigenvalue weighted by Crippen LogP contribution is 2.31. The van der Waals surface area contributed by atoms with Gasteiger partial charge in [-0.2, -0.15) is 5.26 Å². The van der Waals surface area contributed by atoms with Gasteiger partial charge in [-0.1, -0.05) is 59.1 Å². The first-order valence-electron chi connectivity index (χ1n) is 9.33. The lowest BCUT2D eigenvalue weighted by Gasteiger charge is -2.12. The van der Waals surface area contributed by atoms with Crippen molar-refractivity contribution in [1.29, 1.82) is 5.26 Å². The normalized spacial score (nSPS) is 10.9. The summed E-state index contributed by atoms with van der Waals surface area (Å²) in [6.07, 6.45) is 1.44. The Bertz CT molecular complexity index is 1220. The van der Waals surface area contributed by atoms with E-state index in [0.717, 1.165) is 5.56 Å². The molecule has 0 aliphatic heterocycles. The van der Waals surface area contributed by atoms with Gasteiger partial charge in [0.1, 0.15) is 18.2 Å². The van der Waals surface area contributed by atoms with E-state index in [0.29, 0.717) is 37.8 Å². The molecule has 0 heterocycles. The van der Waals surface area contributed by atoms with Crippen molar-refractivity contribution in [3.8, 4) is 17.6 Å². The zero-order valence-electron chi connectivity index (χ0n) is 16.9. The van der Waals surface area contributed by atoms with Gasteiger partial charge in [0.05, 0.1) is 17.8 Å². The van der Waals surface area contributed by atoms with E-state index in [1.807, 2.05) is 24.3 Å². The number of benzene rings is 3. The highest BCUT2D eigenvalue weighted by molar-refractivity contribution is 6.36.